The second-order valence-corrected chi connectivity index (χ2v) is 6.62. The highest BCUT2D eigenvalue weighted by molar-refractivity contribution is 8.00. The Morgan fingerprint density at radius 2 is 1.75 bits per heavy atom. The van der Waals surface area contributed by atoms with E-state index in [0.717, 1.165) is 11.1 Å². The summed E-state index contributed by atoms with van der Waals surface area (Å²) in [5, 5.41) is 10.7. The molecule has 1 aromatic carbocycles. The van der Waals surface area contributed by atoms with Gasteiger partial charge in [0.1, 0.15) is 0 Å². The summed E-state index contributed by atoms with van der Waals surface area (Å²) in [6, 6.07) is 4.76. The van der Waals surface area contributed by atoms with Gasteiger partial charge in [-0.05, 0) is 11.1 Å². The first-order valence-electron chi connectivity index (χ1n) is 6.26. The van der Waals surface area contributed by atoms with Gasteiger partial charge in [-0.25, -0.2) is 0 Å². The van der Waals surface area contributed by atoms with E-state index in [-0.39, 0.29) is 39.8 Å². The van der Waals surface area contributed by atoms with Crippen LogP contribution < -0.4 is 0 Å². The van der Waals surface area contributed by atoms with Gasteiger partial charge in [-0.3, -0.25) is 24.6 Å². The molecule has 2 fully saturated rings. The topological polar surface area (TPSA) is 80.5 Å². The third-order valence-electron chi connectivity index (χ3n) is 4.46. The maximum atomic E-state index is 12.2. The minimum atomic E-state index is -0.428. The van der Waals surface area contributed by atoms with E-state index < -0.39 is 4.92 Å². The van der Waals surface area contributed by atoms with Crippen molar-refractivity contribution < 1.29 is 14.5 Å². The van der Waals surface area contributed by atoms with Crippen LogP contribution in [0.15, 0.2) is 18.2 Å². The first-order chi connectivity index (χ1) is 9.50. The molecule has 102 valence electrons. The summed E-state index contributed by atoms with van der Waals surface area (Å²) in [4.78, 5) is 36.0. The van der Waals surface area contributed by atoms with E-state index in [4.69, 9.17) is 0 Å². The van der Waals surface area contributed by atoms with E-state index in [0.29, 0.717) is 0 Å². The van der Waals surface area contributed by atoms with Gasteiger partial charge < -0.3 is 0 Å². The molecule has 7 heteroatoms. The van der Waals surface area contributed by atoms with Crippen molar-refractivity contribution in [3.63, 3.8) is 0 Å². The molecule has 0 radical (unpaired) electrons. The van der Waals surface area contributed by atoms with Gasteiger partial charge in [-0.2, -0.15) is 0 Å². The number of hydrogen-bond acceptors (Lipinski definition) is 5. The number of nitro groups is 1. The third-order valence-corrected chi connectivity index (χ3v) is 6.14. The fourth-order valence-electron chi connectivity index (χ4n) is 3.54. The van der Waals surface area contributed by atoms with Gasteiger partial charge in [0.2, 0.25) is 11.8 Å². The number of fused-ring (bicyclic) bond motifs is 8. The Morgan fingerprint density at radius 3 is 2.35 bits per heavy atom. The maximum Gasteiger partial charge on any atom is 0.269 e. The lowest BCUT2D eigenvalue weighted by molar-refractivity contribution is -0.384. The Labute approximate surface area is 118 Å². The summed E-state index contributed by atoms with van der Waals surface area (Å²) in [5.74, 6) is -0.922. The Balaban J connectivity index is 1.85. The number of carbonyl (C=O) groups is 2. The molecule has 0 unspecified atom stereocenters. The molecule has 0 aliphatic carbocycles. The van der Waals surface area contributed by atoms with Crippen molar-refractivity contribution in [3.8, 4) is 0 Å². The zero-order valence-electron chi connectivity index (χ0n) is 10.5. The first kappa shape index (κ1) is 11.9. The van der Waals surface area contributed by atoms with Crippen LogP contribution in [0.3, 0.4) is 0 Å². The normalized spacial score (nSPS) is 33.5. The number of carbonyl (C=O) groups excluding carboxylic acids is 2. The Morgan fingerprint density at radius 1 is 1.15 bits per heavy atom. The van der Waals surface area contributed by atoms with Gasteiger partial charge in [-0.1, -0.05) is 6.07 Å². The van der Waals surface area contributed by atoms with Crippen molar-refractivity contribution in [2.24, 2.45) is 11.8 Å². The van der Waals surface area contributed by atoms with E-state index in [1.807, 2.05) is 0 Å². The number of nitrogens with zero attached hydrogens (tertiary/aromatic N) is 2. The number of non-ortho nitro benzene ring substituents is 1. The Bertz CT molecular complexity index is 689. The predicted molar refractivity (Wildman–Crippen MR) is 70.9 cm³/mol. The predicted octanol–water partition coefficient (Wildman–Crippen LogP) is 1.67. The zero-order valence-corrected chi connectivity index (χ0v) is 11.3. The molecule has 0 spiro atoms. The summed E-state index contributed by atoms with van der Waals surface area (Å²) in [6.45, 7) is 0. The molecule has 0 N–H and O–H groups in total. The molecular formula is C13H10N2O4S. The lowest BCUT2D eigenvalue weighted by atomic mass is 9.77. The highest BCUT2D eigenvalue weighted by Gasteiger charge is 2.63. The van der Waals surface area contributed by atoms with Crippen LogP contribution in [0.4, 0.5) is 5.69 Å². The molecule has 2 bridgehead atoms. The van der Waals surface area contributed by atoms with E-state index in [1.54, 1.807) is 23.9 Å². The van der Waals surface area contributed by atoms with Crippen molar-refractivity contribution in [1.29, 1.82) is 0 Å². The third kappa shape index (κ3) is 1.21. The molecule has 3 aliphatic heterocycles. The molecule has 2 amide bonds. The average molecular weight is 290 g/mol. The number of nitro benzene ring substituents is 1. The minimum absolute atomic E-state index is 0.0396. The molecule has 3 aliphatic rings. The zero-order chi connectivity index (χ0) is 14.2. The monoisotopic (exact) mass is 290 g/mol. The number of rotatable bonds is 1. The van der Waals surface area contributed by atoms with E-state index in [9.17, 15) is 19.7 Å². The number of thioether (sulfide) groups is 1. The molecule has 20 heavy (non-hydrogen) atoms. The summed E-state index contributed by atoms with van der Waals surface area (Å²) < 4.78 is 0. The molecule has 6 nitrogen and oxygen atoms in total. The maximum absolute atomic E-state index is 12.2. The summed E-state index contributed by atoms with van der Waals surface area (Å²) in [6.07, 6.45) is 0. The summed E-state index contributed by atoms with van der Waals surface area (Å²) in [5.41, 5.74) is 1.87. The van der Waals surface area contributed by atoms with Crippen LogP contribution in [0.5, 0.6) is 0 Å². The van der Waals surface area contributed by atoms with Crippen LogP contribution >= 0.6 is 11.8 Å². The van der Waals surface area contributed by atoms with Gasteiger partial charge >= 0.3 is 0 Å². The van der Waals surface area contributed by atoms with Crippen molar-refractivity contribution in [2.75, 3.05) is 7.05 Å². The van der Waals surface area contributed by atoms with Crippen molar-refractivity contribution >= 4 is 29.3 Å². The molecule has 0 aromatic heterocycles. The number of likely N-dealkylation sites (tertiary alicyclic amines) is 1. The largest absolute Gasteiger partial charge is 0.285 e. The van der Waals surface area contributed by atoms with Crippen LogP contribution in [0.2, 0.25) is 0 Å². The van der Waals surface area contributed by atoms with Gasteiger partial charge in [0, 0.05) is 29.7 Å². The summed E-state index contributed by atoms with van der Waals surface area (Å²) >= 11 is 1.59. The number of amides is 2. The van der Waals surface area contributed by atoms with Crippen LogP contribution in [-0.4, -0.2) is 28.7 Å². The van der Waals surface area contributed by atoms with Gasteiger partial charge in [-0.15, -0.1) is 11.8 Å². The van der Waals surface area contributed by atoms with Gasteiger partial charge in [0.05, 0.1) is 16.8 Å². The molecule has 4 atom stereocenters. The number of benzene rings is 1. The lowest BCUT2D eigenvalue weighted by Gasteiger charge is -2.21. The SMILES string of the molecule is CN1C(=O)[C@@H]2[C@H](C1=O)[C@@H]1S[C@H]2c2ccc([N+](=O)[O-])cc21. The highest BCUT2D eigenvalue weighted by Crippen LogP contribution is 2.68. The fourth-order valence-corrected chi connectivity index (χ4v) is 5.48. The standard InChI is InChI=1S/C13H10N2O4S/c1-14-12(16)8-9(13(14)17)11-7-4-5(15(18)19)2-3-6(7)10(8)20-11/h2-4,8-11H,1H3/t8-,9+,10+,11-/m1/s1. The van der Waals surface area contributed by atoms with Crippen LogP contribution in [0.25, 0.3) is 0 Å². The van der Waals surface area contributed by atoms with Crippen molar-refractivity contribution in [3.05, 3.63) is 39.4 Å². The van der Waals surface area contributed by atoms with Gasteiger partial charge in [0.25, 0.3) is 5.69 Å². The molecule has 3 heterocycles. The second-order valence-electron chi connectivity index (χ2n) is 5.33. The number of imide groups is 1. The van der Waals surface area contributed by atoms with Crippen molar-refractivity contribution in [2.45, 2.75) is 10.5 Å². The van der Waals surface area contributed by atoms with E-state index in [1.165, 1.54) is 18.0 Å². The van der Waals surface area contributed by atoms with E-state index in [2.05, 4.69) is 0 Å². The average Bonchev–Trinajstić information content (AvgIpc) is 3.05. The van der Waals surface area contributed by atoms with Crippen LogP contribution in [0, 0.1) is 22.0 Å². The second kappa shape index (κ2) is 3.60. The molecule has 4 rings (SSSR count). The van der Waals surface area contributed by atoms with Crippen LogP contribution in [0.1, 0.15) is 21.6 Å². The van der Waals surface area contributed by atoms with Crippen molar-refractivity contribution in [1.82, 2.24) is 4.90 Å². The fraction of sp³-hybridized carbons (Fsp3) is 0.385. The highest BCUT2D eigenvalue weighted by atomic mass is 32.2. The quantitative estimate of drug-likeness (QED) is 0.446. The van der Waals surface area contributed by atoms with Crippen LogP contribution in [-0.2, 0) is 9.59 Å². The Hall–Kier alpha value is -1.89. The lowest BCUT2D eigenvalue weighted by Crippen LogP contribution is -2.27. The van der Waals surface area contributed by atoms with Gasteiger partial charge in [0.15, 0.2) is 0 Å². The van der Waals surface area contributed by atoms with E-state index >= 15 is 0 Å². The Kier molecular flexibility index (Phi) is 2.14. The molecule has 2 saturated heterocycles. The molecule has 0 saturated carbocycles. The minimum Gasteiger partial charge on any atom is -0.285 e. The molecule has 1 aromatic rings. The number of hydrogen-bond donors (Lipinski definition) is 0. The smallest absolute Gasteiger partial charge is 0.269 e. The molecular weight excluding hydrogens is 280 g/mol. The summed E-state index contributed by atoms with van der Waals surface area (Å²) in [7, 11) is 1.51. The first-order valence-corrected chi connectivity index (χ1v) is 7.20.